The monoisotopic (exact) mass is 202 g/mol. The molecule has 1 aliphatic heterocycles. The quantitative estimate of drug-likeness (QED) is 0.713. The number of ether oxygens (including phenoxy) is 3. The fourth-order valence-corrected chi connectivity index (χ4v) is 0.826. The summed E-state index contributed by atoms with van der Waals surface area (Å²) >= 11 is 0. The van der Waals surface area contributed by atoms with Crippen molar-refractivity contribution in [3.63, 3.8) is 0 Å². The highest BCUT2D eigenvalue weighted by atomic mass is 19.4. The zero-order chi connectivity index (χ0) is 9.90. The van der Waals surface area contributed by atoms with Crippen molar-refractivity contribution < 1.29 is 32.5 Å². The summed E-state index contributed by atoms with van der Waals surface area (Å²) in [5.74, 6) is 0. The van der Waals surface area contributed by atoms with E-state index in [1.165, 1.54) is 0 Å². The van der Waals surface area contributed by atoms with Gasteiger partial charge in [-0.15, -0.1) is 0 Å². The van der Waals surface area contributed by atoms with E-state index in [0.29, 0.717) is 0 Å². The van der Waals surface area contributed by atoms with Crippen LogP contribution in [-0.2, 0) is 14.2 Å². The Balaban J connectivity index is 2.07. The number of aliphatic hydroxyl groups excluding tert-OH is 1. The smallest absolute Gasteiger partial charge is 0.369 e. The van der Waals surface area contributed by atoms with Crippen molar-refractivity contribution in [1.82, 2.24) is 0 Å². The van der Waals surface area contributed by atoms with E-state index in [4.69, 9.17) is 5.11 Å². The second-order valence-electron chi connectivity index (χ2n) is 2.53. The van der Waals surface area contributed by atoms with E-state index in [1.807, 2.05) is 0 Å². The van der Waals surface area contributed by atoms with Gasteiger partial charge in [-0.1, -0.05) is 0 Å². The van der Waals surface area contributed by atoms with Crippen LogP contribution in [-0.4, -0.2) is 43.7 Å². The van der Waals surface area contributed by atoms with Crippen LogP contribution in [0, 0.1) is 0 Å². The van der Waals surface area contributed by atoms with Gasteiger partial charge < -0.3 is 19.3 Å². The normalized spacial score (nSPS) is 29.5. The number of hydrogen-bond donors (Lipinski definition) is 1. The maximum atomic E-state index is 11.6. The van der Waals surface area contributed by atoms with Crippen LogP contribution >= 0.6 is 0 Å². The lowest BCUT2D eigenvalue weighted by Gasteiger charge is -2.10. The first-order valence-corrected chi connectivity index (χ1v) is 3.57. The summed E-state index contributed by atoms with van der Waals surface area (Å²) in [5.41, 5.74) is 0. The van der Waals surface area contributed by atoms with Crippen molar-refractivity contribution in [2.75, 3.05) is 19.8 Å². The number of hydrogen-bond acceptors (Lipinski definition) is 4. The van der Waals surface area contributed by atoms with E-state index in [-0.39, 0.29) is 13.2 Å². The molecule has 0 saturated carbocycles. The van der Waals surface area contributed by atoms with Crippen molar-refractivity contribution in [2.24, 2.45) is 0 Å². The third-order valence-electron chi connectivity index (χ3n) is 1.30. The van der Waals surface area contributed by atoms with Crippen LogP contribution in [0.3, 0.4) is 0 Å². The summed E-state index contributed by atoms with van der Waals surface area (Å²) in [6.45, 7) is -2.86. The molecular formula is C6H9F3O4. The lowest BCUT2D eigenvalue weighted by Crippen LogP contribution is -2.24. The van der Waals surface area contributed by atoms with Crippen molar-refractivity contribution in [3.05, 3.63) is 0 Å². The van der Waals surface area contributed by atoms with Crippen LogP contribution in [0.5, 0.6) is 0 Å². The summed E-state index contributed by atoms with van der Waals surface area (Å²) in [6.07, 6.45) is -4.96. The Morgan fingerprint density at radius 3 is 2.62 bits per heavy atom. The van der Waals surface area contributed by atoms with Gasteiger partial charge in [-0.05, 0) is 0 Å². The summed E-state index contributed by atoms with van der Waals surface area (Å²) in [7, 11) is 0. The molecule has 1 aliphatic rings. The van der Waals surface area contributed by atoms with E-state index >= 15 is 0 Å². The molecule has 0 aliphatic carbocycles. The Kier molecular flexibility index (Phi) is 3.48. The predicted molar refractivity (Wildman–Crippen MR) is 33.7 cm³/mol. The highest BCUT2D eigenvalue weighted by molar-refractivity contribution is 4.60. The first kappa shape index (κ1) is 10.7. The molecule has 2 unspecified atom stereocenters. The van der Waals surface area contributed by atoms with Crippen LogP contribution < -0.4 is 0 Å². The summed E-state index contributed by atoms with van der Waals surface area (Å²) in [6, 6.07) is 0. The number of alkyl halides is 3. The molecule has 78 valence electrons. The lowest BCUT2D eigenvalue weighted by atomic mass is 10.4. The topological polar surface area (TPSA) is 47.9 Å². The maximum absolute atomic E-state index is 11.6. The minimum Gasteiger partial charge on any atom is -0.369 e. The molecule has 0 spiro atoms. The van der Waals surface area contributed by atoms with Crippen molar-refractivity contribution in [3.8, 4) is 0 Å². The first-order chi connectivity index (χ1) is 5.97. The molecular weight excluding hydrogens is 193 g/mol. The largest absolute Gasteiger partial charge is 0.411 e. The third kappa shape index (κ3) is 4.41. The van der Waals surface area contributed by atoms with Crippen LogP contribution in [0.1, 0.15) is 0 Å². The Bertz CT molecular complexity index is 160. The number of halogens is 3. The average Bonchev–Trinajstić information content (AvgIpc) is 2.33. The SMILES string of the molecule is OC1OCC(COCC(F)(F)F)O1. The standard InChI is InChI=1S/C6H9F3O4/c7-6(8,9)3-11-1-4-2-12-5(10)13-4/h4-5,10H,1-3H2. The van der Waals surface area contributed by atoms with Gasteiger partial charge in [0.15, 0.2) is 0 Å². The van der Waals surface area contributed by atoms with E-state index in [0.717, 1.165) is 0 Å². The second-order valence-corrected chi connectivity index (χ2v) is 2.53. The van der Waals surface area contributed by atoms with Crippen LogP contribution in [0.15, 0.2) is 0 Å². The molecule has 4 nitrogen and oxygen atoms in total. The lowest BCUT2D eigenvalue weighted by molar-refractivity contribution is -0.213. The molecule has 0 aromatic rings. The molecule has 7 heteroatoms. The van der Waals surface area contributed by atoms with Crippen LogP contribution in [0.2, 0.25) is 0 Å². The molecule has 0 radical (unpaired) electrons. The van der Waals surface area contributed by atoms with E-state index in [1.54, 1.807) is 0 Å². The van der Waals surface area contributed by atoms with Crippen LogP contribution in [0.25, 0.3) is 0 Å². The molecule has 1 fully saturated rings. The predicted octanol–water partition coefficient (Wildman–Crippen LogP) is 0.257. The van der Waals surface area contributed by atoms with Gasteiger partial charge in [-0.3, -0.25) is 0 Å². The van der Waals surface area contributed by atoms with Gasteiger partial charge in [0.2, 0.25) is 0 Å². The Hall–Kier alpha value is -0.370. The maximum Gasteiger partial charge on any atom is 0.411 e. The van der Waals surface area contributed by atoms with Crippen molar-refractivity contribution in [2.45, 2.75) is 18.8 Å². The van der Waals surface area contributed by atoms with E-state index in [9.17, 15) is 13.2 Å². The fraction of sp³-hybridized carbons (Fsp3) is 1.00. The number of rotatable bonds is 3. The third-order valence-corrected chi connectivity index (χ3v) is 1.30. The Morgan fingerprint density at radius 2 is 2.15 bits per heavy atom. The second kappa shape index (κ2) is 4.23. The molecule has 0 bridgehead atoms. The minimum atomic E-state index is -4.34. The highest BCUT2D eigenvalue weighted by Gasteiger charge is 2.30. The van der Waals surface area contributed by atoms with Gasteiger partial charge in [0.25, 0.3) is 6.48 Å². The van der Waals surface area contributed by atoms with Gasteiger partial charge in [-0.25, -0.2) is 0 Å². The summed E-state index contributed by atoms with van der Waals surface area (Å²) in [5, 5.41) is 8.64. The first-order valence-electron chi connectivity index (χ1n) is 3.57. The molecule has 1 saturated heterocycles. The molecule has 0 amide bonds. The zero-order valence-corrected chi connectivity index (χ0v) is 6.58. The fourth-order valence-electron chi connectivity index (χ4n) is 0.826. The molecule has 2 atom stereocenters. The molecule has 1 N–H and O–H groups in total. The molecule has 13 heavy (non-hydrogen) atoms. The van der Waals surface area contributed by atoms with E-state index < -0.39 is 25.4 Å². The van der Waals surface area contributed by atoms with Gasteiger partial charge in [0.05, 0.1) is 13.2 Å². The van der Waals surface area contributed by atoms with E-state index in [2.05, 4.69) is 14.2 Å². The highest BCUT2D eigenvalue weighted by Crippen LogP contribution is 2.15. The van der Waals surface area contributed by atoms with Crippen molar-refractivity contribution >= 4 is 0 Å². The van der Waals surface area contributed by atoms with Gasteiger partial charge >= 0.3 is 6.18 Å². The Morgan fingerprint density at radius 1 is 1.46 bits per heavy atom. The number of aliphatic hydroxyl groups is 1. The zero-order valence-electron chi connectivity index (χ0n) is 6.58. The minimum absolute atomic E-state index is 0.0407. The molecule has 0 aromatic carbocycles. The summed E-state index contributed by atoms with van der Waals surface area (Å²) < 4.78 is 48.1. The molecule has 1 rings (SSSR count). The van der Waals surface area contributed by atoms with Gasteiger partial charge in [0.1, 0.15) is 12.7 Å². The van der Waals surface area contributed by atoms with Gasteiger partial charge in [0, 0.05) is 0 Å². The molecule has 0 aromatic heterocycles. The summed E-state index contributed by atoms with van der Waals surface area (Å²) in [4.78, 5) is 0. The van der Waals surface area contributed by atoms with Gasteiger partial charge in [-0.2, -0.15) is 13.2 Å². The average molecular weight is 202 g/mol. The van der Waals surface area contributed by atoms with Crippen LogP contribution in [0.4, 0.5) is 13.2 Å². The molecule has 1 heterocycles. The van der Waals surface area contributed by atoms with Crippen molar-refractivity contribution in [1.29, 1.82) is 0 Å². The Labute approximate surface area is 72.2 Å².